The van der Waals surface area contributed by atoms with Gasteiger partial charge in [0.05, 0.1) is 4.92 Å². The Hall–Kier alpha value is -2.36. The first-order chi connectivity index (χ1) is 10.1. The lowest BCUT2D eigenvalue weighted by atomic mass is 10.2. The molecule has 0 aromatic heterocycles. The minimum atomic E-state index is -0.403. The van der Waals surface area contributed by atoms with Gasteiger partial charge >= 0.3 is 0 Å². The first-order valence-corrected chi connectivity index (χ1v) is 7.11. The standard InChI is InChI=1S/C7H7NO2.C6H7N.2C2H6/c1-6-2-4-7(5-3-6)8(9)10;7-6-4-2-1-3-5-6;2*1-2/h2-5H,1H3;1-5H,7H2;2*1-2H3. The number of nitrogens with two attached hydrogens (primary N) is 1. The predicted molar refractivity (Wildman–Crippen MR) is 91.4 cm³/mol. The molecule has 0 spiro atoms. The minimum absolute atomic E-state index is 0.144. The Balaban J connectivity index is 0. The summed E-state index contributed by atoms with van der Waals surface area (Å²) in [6.45, 7) is 9.89. The number of para-hydroxylation sites is 1. The molecule has 0 aliphatic heterocycles. The molecular weight excluding hydrogens is 264 g/mol. The Morgan fingerprint density at radius 2 is 1.29 bits per heavy atom. The van der Waals surface area contributed by atoms with Crippen molar-refractivity contribution in [2.24, 2.45) is 0 Å². The molecule has 0 aliphatic rings. The van der Waals surface area contributed by atoms with Gasteiger partial charge in [0.25, 0.3) is 5.69 Å². The van der Waals surface area contributed by atoms with Crippen molar-refractivity contribution in [1.29, 1.82) is 0 Å². The highest BCUT2D eigenvalue weighted by Crippen LogP contribution is 2.10. The van der Waals surface area contributed by atoms with Crippen LogP contribution < -0.4 is 5.73 Å². The fraction of sp³-hybridized carbons (Fsp3) is 0.294. The fourth-order valence-electron chi connectivity index (χ4n) is 1.12. The van der Waals surface area contributed by atoms with Crippen molar-refractivity contribution in [2.45, 2.75) is 34.6 Å². The van der Waals surface area contributed by atoms with E-state index in [4.69, 9.17) is 5.73 Å². The van der Waals surface area contributed by atoms with E-state index in [1.807, 2.05) is 65.0 Å². The number of non-ortho nitro benzene ring substituents is 1. The number of anilines is 1. The van der Waals surface area contributed by atoms with Crippen molar-refractivity contribution in [2.75, 3.05) is 5.73 Å². The third-order valence-electron chi connectivity index (χ3n) is 2.04. The number of rotatable bonds is 1. The lowest BCUT2D eigenvalue weighted by Gasteiger charge is -1.90. The topological polar surface area (TPSA) is 69.2 Å². The summed E-state index contributed by atoms with van der Waals surface area (Å²) < 4.78 is 0. The summed E-state index contributed by atoms with van der Waals surface area (Å²) >= 11 is 0. The molecule has 0 radical (unpaired) electrons. The molecule has 0 unspecified atom stereocenters. The van der Waals surface area contributed by atoms with E-state index in [1.165, 1.54) is 12.1 Å². The molecule has 2 aromatic rings. The third-order valence-corrected chi connectivity index (χ3v) is 2.04. The molecule has 4 heteroatoms. The van der Waals surface area contributed by atoms with Gasteiger partial charge in [0.15, 0.2) is 0 Å². The lowest BCUT2D eigenvalue weighted by molar-refractivity contribution is -0.384. The number of nitrogens with zero attached hydrogens (tertiary/aromatic N) is 1. The van der Waals surface area contributed by atoms with Crippen molar-refractivity contribution in [3.8, 4) is 0 Å². The van der Waals surface area contributed by atoms with Crippen LogP contribution in [0.3, 0.4) is 0 Å². The van der Waals surface area contributed by atoms with E-state index in [2.05, 4.69) is 0 Å². The van der Waals surface area contributed by atoms with Crippen LogP contribution in [0.1, 0.15) is 33.3 Å². The molecule has 0 bridgehead atoms. The number of hydrogen-bond acceptors (Lipinski definition) is 3. The maximum atomic E-state index is 10.1. The van der Waals surface area contributed by atoms with Gasteiger partial charge in [-0.1, -0.05) is 63.6 Å². The van der Waals surface area contributed by atoms with Crippen LogP contribution in [0, 0.1) is 17.0 Å². The molecule has 0 atom stereocenters. The van der Waals surface area contributed by atoms with E-state index in [0.29, 0.717) is 0 Å². The Morgan fingerprint density at radius 3 is 1.57 bits per heavy atom. The molecule has 2 N–H and O–H groups in total. The number of nitro benzene ring substituents is 1. The summed E-state index contributed by atoms with van der Waals surface area (Å²) in [5.41, 5.74) is 7.36. The van der Waals surface area contributed by atoms with Crippen LogP contribution in [0.2, 0.25) is 0 Å². The van der Waals surface area contributed by atoms with Crippen molar-refractivity contribution >= 4 is 11.4 Å². The van der Waals surface area contributed by atoms with Gasteiger partial charge in [-0.15, -0.1) is 0 Å². The molecular formula is C17H26N2O2. The van der Waals surface area contributed by atoms with E-state index < -0.39 is 4.92 Å². The molecule has 116 valence electrons. The van der Waals surface area contributed by atoms with Crippen molar-refractivity contribution in [1.82, 2.24) is 0 Å². The first kappa shape index (κ1) is 20.9. The smallest absolute Gasteiger partial charge is 0.269 e. The predicted octanol–water partition coefficient (Wildman–Crippen LogP) is 5.22. The van der Waals surface area contributed by atoms with Gasteiger partial charge in [0, 0.05) is 17.8 Å². The fourth-order valence-corrected chi connectivity index (χ4v) is 1.12. The van der Waals surface area contributed by atoms with Gasteiger partial charge in [0.1, 0.15) is 0 Å². The Bertz CT molecular complexity index is 468. The van der Waals surface area contributed by atoms with Crippen LogP contribution in [0.15, 0.2) is 54.6 Å². The van der Waals surface area contributed by atoms with Crippen molar-refractivity contribution in [3.63, 3.8) is 0 Å². The Labute approximate surface area is 127 Å². The van der Waals surface area contributed by atoms with Gasteiger partial charge < -0.3 is 5.73 Å². The zero-order valence-electron chi connectivity index (χ0n) is 13.5. The number of benzene rings is 2. The van der Waals surface area contributed by atoms with Crippen molar-refractivity contribution in [3.05, 3.63) is 70.3 Å². The highest BCUT2D eigenvalue weighted by molar-refractivity contribution is 5.35. The average molecular weight is 290 g/mol. The van der Waals surface area contributed by atoms with Gasteiger partial charge in [-0.2, -0.15) is 0 Å². The molecule has 21 heavy (non-hydrogen) atoms. The van der Waals surface area contributed by atoms with Crippen LogP contribution in [-0.2, 0) is 0 Å². The number of hydrogen-bond donors (Lipinski definition) is 1. The van der Waals surface area contributed by atoms with Crippen LogP contribution in [0.5, 0.6) is 0 Å². The second-order valence-corrected chi connectivity index (χ2v) is 3.50. The summed E-state index contributed by atoms with van der Waals surface area (Å²) in [5.74, 6) is 0. The largest absolute Gasteiger partial charge is 0.399 e. The summed E-state index contributed by atoms with van der Waals surface area (Å²) in [6.07, 6.45) is 0. The first-order valence-electron chi connectivity index (χ1n) is 7.11. The molecule has 4 nitrogen and oxygen atoms in total. The van der Waals surface area contributed by atoms with Crippen LogP contribution in [-0.4, -0.2) is 4.92 Å². The summed E-state index contributed by atoms with van der Waals surface area (Å²) in [4.78, 5) is 9.71. The van der Waals surface area contributed by atoms with E-state index in [0.717, 1.165) is 11.3 Å². The van der Waals surface area contributed by atoms with E-state index in [-0.39, 0.29) is 5.69 Å². The highest BCUT2D eigenvalue weighted by Gasteiger charge is 2.00. The highest BCUT2D eigenvalue weighted by atomic mass is 16.6. The van der Waals surface area contributed by atoms with Crippen LogP contribution in [0.25, 0.3) is 0 Å². The second-order valence-electron chi connectivity index (χ2n) is 3.50. The van der Waals surface area contributed by atoms with Gasteiger partial charge in [-0.3, -0.25) is 10.1 Å². The van der Waals surface area contributed by atoms with Gasteiger partial charge in [-0.05, 0) is 19.1 Å². The third kappa shape index (κ3) is 11.2. The monoisotopic (exact) mass is 290 g/mol. The zero-order valence-corrected chi connectivity index (χ0v) is 13.5. The maximum absolute atomic E-state index is 10.1. The maximum Gasteiger partial charge on any atom is 0.269 e. The van der Waals surface area contributed by atoms with Crippen LogP contribution >= 0.6 is 0 Å². The minimum Gasteiger partial charge on any atom is -0.399 e. The number of nitrogen functional groups attached to an aromatic ring is 1. The molecule has 0 saturated heterocycles. The average Bonchev–Trinajstić information content (AvgIpc) is 2.53. The van der Waals surface area contributed by atoms with E-state index in [9.17, 15) is 10.1 Å². The molecule has 0 aliphatic carbocycles. The lowest BCUT2D eigenvalue weighted by Crippen LogP contribution is -1.86. The molecule has 0 saturated carbocycles. The molecule has 2 rings (SSSR count). The van der Waals surface area contributed by atoms with Crippen LogP contribution in [0.4, 0.5) is 11.4 Å². The summed E-state index contributed by atoms with van der Waals surface area (Å²) in [7, 11) is 0. The molecule has 0 heterocycles. The Kier molecular flexibility index (Phi) is 14.0. The quantitative estimate of drug-likeness (QED) is 0.444. The SMILES string of the molecule is CC.CC.Cc1ccc([N+](=O)[O-])cc1.Nc1ccccc1. The van der Waals surface area contributed by atoms with E-state index in [1.54, 1.807) is 12.1 Å². The molecule has 2 aromatic carbocycles. The zero-order chi connectivity index (χ0) is 16.7. The van der Waals surface area contributed by atoms with Gasteiger partial charge in [0.2, 0.25) is 0 Å². The summed E-state index contributed by atoms with van der Waals surface area (Å²) in [5, 5.41) is 10.1. The normalized spacial score (nSPS) is 7.86. The van der Waals surface area contributed by atoms with Crippen molar-refractivity contribution < 1.29 is 4.92 Å². The molecule has 0 amide bonds. The molecule has 0 fully saturated rings. The number of nitro groups is 1. The number of aryl methyl sites for hydroxylation is 1. The van der Waals surface area contributed by atoms with E-state index >= 15 is 0 Å². The van der Waals surface area contributed by atoms with Gasteiger partial charge in [-0.25, -0.2) is 0 Å². The Morgan fingerprint density at radius 1 is 0.857 bits per heavy atom. The summed E-state index contributed by atoms with van der Waals surface area (Å²) in [6, 6.07) is 15.9. The second kappa shape index (κ2) is 14.1.